The van der Waals surface area contributed by atoms with Crippen molar-refractivity contribution in [1.29, 1.82) is 0 Å². The minimum Gasteiger partial charge on any atom is -0.325 e. The van der Waals surface area contributed by atoms with Gasteiger partial charge in [-0.2, -0.15) is 13.2 Å². The van der Waals surface area contributed by atoms with Crippen LogP contribution in [0.4, 0.5) is 24.8 Å². The van der Waals surface area contributed by atoms with Crippen LogP contribution >= 0.6 is 15.9 Å². The number of nitrogens with one attached hydrogen (secondary N) is 2. The van der Waals surface area contributed by atoms with Gasteiger partial charge in [0, 0.05) is 4.47 Å². The van der Waals surface area contributed by atoms with Crippen molar-refractivity contribution < 1.29 is 13.2 Å². The van der Waals surface area contributed by atoms with Crippen LogP contribution in [0.1, 0.15) is 5.56 Å². The van der Waals surface area contributed by atoms with E-state index in [2.05, 4.69) is 31.2 Å². The fourth-order valence-electron chi connectivity index (χ4n) is 1.94. The number of rotatable bonds is 2. The van der Waals surface area contributed by atoms with Crippen molar-refractivity contribution >= 4 is 38.6 Å². The molecule has 0 aliphatic heterocycles. The lowest BCUT2D eigenvalue weighted by Gasteiger charge is -2.05. The Kier molecular flexibility index (Phi) is 3.36. The molecule has 0 fully saturated rings. The molecule has 108 valence electrons. The molecule has 3 rings (SSSR count). The van der Waals surface area contributed by atoms with Crippen LogP contribution in [0, 0.1) is 0 Å². The molecule has 0 aliphatic carbocycles. The molecule has 2 aromatic carbocycles. The molecule has 3 aromatic rings. The monoisotopic (exact) mass is 355 g/mol. The standard InChI is InChI=1S/C14H9BrF3N3/c15-9-3-1-2-4-10(9)19-13-20-11-6-5-8(14(16,17)18)7-12(11)21-13/h1-7H,(H2,19,20,21). The Balaban J connectivity index is 1.96. The number of aromatic amines is 1. The Bertz CT molecular complexity index is 796. The van der Waals surface area contributed by atoms with Crippen LogP contribution in [0.25, 0.3) is 11.0 Å². The summed E-state index contributed by atoms with van der Waals surface area (Å²) in [5, 5.41) is 3.03. The number of imidazole rings is 1. The van der Waals surface area contributed by atoms with E-state index < -0.39 is 11.7 Å². The van der Waals surface area contributed by atoms with Crippen molar-refractivity contribution in [1.82, 2.24) is 9.97 Å². The van der Waals surface area contributed by atoms with Crippen LogP contribution in [0.5, 0.6) is 0 Å². The SMILES string of the molecule is FC(F)(F)c1ccc2nc(Nc3ccccc3Br)[nH]c2c1. The summed E-state index contributed by atoms with van der Waals surface area (Å²) in [7, 11) is 0. The number of benzene rings is 2. The lowest BCUT2D eigenvalue weighted by atomic mass is 10.2. The van der Waals surface area contributed by atoms with Gasteiger partial charge in [-0.15, -0.1) is 0 Å². The topological polar surface area (TPSA) is 40.7 Å². The number of hydrogen-bond acceptors (Lipinski definition) is 2. The third kappa shape index (κ3) is 2.87. The van der Waals surface area contributed by atoms with Gasteiger partial charge in [-0.05, 0) is 46.3 Å². The highest BCUT2D eigenvalue weighted by atomic mass is 79.9. The maximum absolute atomic E-state index is 12.7. The normalized spacial score (nSPS) is 11.8. The van der Waals surface area contributed by atoms with Gasteiger partial charge in [-0.25, -0.2) is 4.98 Å². The van der Waals surface area contributed by atoms with E-state index in [0.29, 0.717) is 17.0 Å². The van der Waals surface area contributed by atoms with Crippen LogP contribution in [0.3, 0.4) is 0 Å². The molecule has 0 saturated carbocycles. The second kappa shape index (κ2) is 5.07. The average Bonchev–Trinajstić information content (AvgIpc) is 2.81. The minimum absolute atomic E-state index is 0.333. The van der Waals surface area contributed by atoms with E-state index in [9.17, 15) is 13.2 Å². The van der Waals surface area contributed by atoms with E-state index in [1.54, 1.807) is 0 Å². The largest absolute Gasteiger partial charge is 0.416 e. The molecule has 0 unspecified atom stereocenters. The zero-order valence-corrected chi connectivity index (χ0v) is 12.1. The number of para-hydroxylation sites is 1. The molecule has 0 radical (unpaired) electrons. The van der Waals surface area contributed by atoms with Crippen molar-refractivity contribution in [3.8, 4) is 0 Å². The van der Waals surface area contributed by atoms with E-state index >= 15 is 0 Å². The average molecular weight is 356 g/mol. The van der Waals surface area contributed by atoms with Crippen LogP contribution in [0.15, 0.2) is 46.9 Å². The molecule has 0 bridgehead atoms. The molecule has 3 nitrogen and oxygen atoms in total. The summed E-state index contributed by atoms with van der Waals surface area (Å²) < 4.78 is 38.8. The number of anilines is 2. The van der Waals surface area contributed by atoms with E-state index in [0.717, 1.165) is 22.3 Å². The predicted octanol–water partition coefficient (Wildman–Crippen LogP) is 5.09. The second-order valence-corrected chi connectivity index (χ2v) is 5.27. The summed E-state index contributed by atoms with van der Waals surface area (Å²) in [5.41, 5.74) is 0.871. The van der Waals surface area contributed by atoms with Crippen LogP contribution in [0.2, 0.25) is 0 Å². The Morgan fingerprint density at radius 2 is 1.86 bits per heavy atom. The Labute approximate surface area is 126 Å². The lowest BCUT2D eigenvalue weighted by Crippen LogP contribution is -2.04. The highest BCUT2D eigenvalue weighted by Gasteiger charge is 2.30. The van der Waals surface area contributed by atoms with Crippen molar-refractivity contribution in [3.05, 3.63) is 52.5 Å². The number of alkyl halides is 3. The van der Waals surface area contributed by atoms with E-state index in [1.807, 2.05) is 24.3 Å². The zero-order valence-electron chi connectivity index (χ0n) is 10.5. The minimum atomic E-state index is -4.37. The molecule has 0 spiro atoms. The third-order valence-corrected chi connectivity index (χ3v) is 3.63. The number of fused-ring (bicyclic) bond motifs is 1. The van der Waals surface area contributed by atoms with Crippen LogP contribution < -0.4 is 5.32 Å². The molecule has 0 aliphatic rings. The summed E-state index contributed by atoms with van der Waals surface area (Å²) >= 11 is 3.38. The molecule has 0 atom stereocenters. The highest BCUT2D eigenvalue weighted by Crippen LogP contribution is 2.31. The first-order valence-electron chi connectivity index (χ1n) is 6.02. The van der Waals surface area contributed by atoms with Gasteiger partial charge in [0.1, 0.15) is 0 Å². The maximum atomic E-state index is 12.7. The first-order chi connectivity index (χ1) is 9.93. The first kappa shape index (κ1) is 13.9. The molecule has 1 heterocycles. The Hall–Kier alpha value is -2.02. The Morgan fingerprint density at radius 3 is 2.57 bits per heavy atom. The van der Waals surface area contributed by atoms with Crippen molar-refractivity contribution in [2.45, 2.75) is 6.18 Å². The molecule has 0 amide bonds. The fraction of sp³-hybridized carbons (Fsp3) is 0.0714. The van der Waals surface area contributed by atoms with Gasteiger partial charge in [-0.3, -0.25) is 0 Å². The van der Waals surface area contributed by atoms with E-state index in [-0.39, 0.29) is 0 Å². The highest BCUT2D eigenvalue weighted by molar-refractivity contribution is 9.10. The Morgan fingerprint density at radius 1 is 1.10 bits per heavy atom. The number of hydrogen-bond donors (Lipinski definition) is 2. The molecule has 21 heavy (non-hydrogen) atoms. The zero-order chi connectivity index (χ0) is 15.0. The van der Waals surface area contributed by atoms with Gasteiger partial charge in [-0.1, -0.05) is 12.1 Å². The number of nitrogens with zero attached hydrogens (tertiary/aromatic N) is 1. The summed E-state index contributed by atoms with van der Waals surface area (Å²) in [6.45, 7) is 0. The van der Waals surface area contributed by atoms with Crippen molar-refractivity contribution in [2.75, 3.05) is 5.32 Å². The van der Waals surface area contributed by atoms with Crippen LogP contribution in [-0.2, 0) is 6.18 Å². The van der Waals surface area contributed by atoms with Gasteiger partial charge in [0.25, 0.3) is 0 Å². The van der Waals surface area contributed by atoms with E-state index in [4.69, 9.17) is 0 Å². The van der Waals surface area contributed by atoms with Gasteiger partial charge in [0.15, 0.2) is 0 Å². The summed E-state index contributed by atoms with van der Waals surface area (Å²) in [6.07, 6.45) is -4.37. The second-order valence-electron chi connectivity index (χ2n) is 4.42. The van der Waals surface area contributed by atoms with Gasteiger partial charge >= 0.3 is 6.18 Å². The quantitative estimate of drug-likeness (QED) is 0.672. The molecule has 1 aromatic heterocycles. The van der Waals surface area contributed by atoms with Gasteiger partial charge < -0.3 is 10.3 Å². The molecular weight excluding hydrogens is 347 g/mol. The molecule has 0 saturated heterocycles. The fourth-order valence-corrected chi connectivity index (χ4v) is 2.32. The van der Waals surface area contributed by atoms with E-state index in [1.165, 1.54) is 6.07 Å². The van der Waals surface area contributed by atoms with Crippen molar-refractivity contribution in [2.24, 2.45) is 0 Å². The third-order valence-electron chi connectivity index (χ3n) is 2.94. The summed E-state index contributed by atoms with van der Waals surface area (Å²) in [5.74, 6) is 0.385. The summed E-state index contributed by atoms with van der Waals surface area (Å²) in [6, 6.07) is 10.8. The van der Waals surface area contributed by atoms with Gasteiger partial charge in [0.2, 0.25) is 5.95 Å². The summed E-state index contributed by atoms with van der Waals surface area (Å²) in [4.78, 5) is 7.06. The number of halogens is 4. The molecular formula is C14H9BrF3N3. The number of H-pyrrole nitrogens is 1. The molecule has 7 heteroatoms. The van der Waals surface area contributed by atoms with Crippen molar-refractivity contribution in [3.63, 3.8) is 0 Å². The van der Waals surface area contributed by atoms with Gasteiger partial charge in [0.05, 0.1) is 22.3 Å². The first-order valence-corrected chi connectivity index (χ1v) is 6.81. The smallest absolute Gasteiger partial charge is 0.325 e. The predicted molar refractivity (Wildman–Crippen MR) is 78.5 cm³/mol. The van der Waals surface area contributed by atoms with Crippen LogP contribution in [-0.4, -0.2) is 9.97 Å². The maximum Gasteiger partial charge on any atom is 0.416 e. The number of aromatic nitrogens is 2. The lowest BCUT2D eigenvalue weighted by molar-refractivity contribution is -0.137. The molecule has 2 N–H and O–H groups in total.